The van der Waals surface area contributed by atoms with Crippen molar-refractivity contribution in [3.05, 3.63) is 115 Å². The summed E-state index contributed by atoms with van der Waals surface area (Å²) in [6.07, 6.45) is 42.2. The molecule has 496 valence electrons. The highest BCUT2D eigenvalue weighted by Gasteiger charge is 2.34. The molecule has 8 heteroatoms. The van der Waals surface area contributed by atoms with E-state index < -0.39 is 0 Å². The minimum Gasteiger partial charge on any atom is -0.507 e. The maximum absolute atomic E-state index is 12.8. The molecule has 4 aromatic rings. The number of aliphatic imine (C=N–C) groups is 4. The largest absolute Gasteiger partial charge is 0.507 e. The maximum atomic E-state index is 12.8. The van der Waals surface area contributed by atoms with Gasteiger partial charge in [0.15, 0.2) is 0 Å². The van der Waals surface area contributed by atoms with Crippen LogP contribution >= 0.6 is 0 Å². The first kappa shape index (κ1) is 72.2. The van der Waals surface area contributed by atoms with Crippen molar-refractivity contribution in [2.45, 2.75) is 347 Å². The Kier molecular flexibility index (Phi) is 27.8. The van der Waals surface area contributed by atoms with Gasteiger partial charge in [0.1, 0.15) is 23.0 Å². The summed E-state index contributed by atoms with van der Waals surface area (Å²) < 4.78 is 0. The van der Waals surface area contributed by atoms with Crippen LogP contribution in [-0.2, 0) is 34.5 Å². The molecule has 0 spiro atoms. The minimum atomic E-state index is -0.125. The maximum Gasteiger partial charge on any atom is 0.127 e. The zero-order chi connectivity index (χ0) is 64.9. The highest BCUT2D eigenvalue weighted by Crippen LogP contribution is 2.45. The molecular weight excluding hydrogens is 1100 g/mol. The minimum absolute atomic E-state index is 0.124. The number of hydrogen-bond donors (Lipinski definition) is 4. The summed E-state index contributed by atoms with van der Waals surface area (Å²) in [5.41, 5.74) is 10.4. The fourth-order valence-electron chi connectivity index (χ4n) is 15.4. The number of phenols is 4. The van der Waals surface area contributed by atoms with E-state index in [0.29, 0.717) is 35.1 Å². The fourth-order valence-corrected chi connectivity index (χ4v) is 15.4. The number of aromatic hydroxyl groups is 4. The normalized spacial score (nSPS) is 18.6. The fraction of sp³-hybridized carbons (Fsp3) is 0.659. The van der Waals surface area contributed by atoms with Gasteiger partial charge in [-0.05, 0) is 167 Å². The Balaban J connectivity index is 1.52. The van der Waals surface area contributed by atoms with Crippen molar-refractivity contribution in [3.8, 4) is 23.0 Å². The molecule has 8 bridgehead atoms. The molecule has 2 saturated carbocycles. The monoisotopic (exact) mass is 1230 g/mol. The van der Waals surface area contributed by atoms with Crippen LogP contribution in [0.25, 0.3) is 0 Å². The van der Waals surface area contributed by atoms with Crippen LogP contribution in [0.2, 0.25) is 0 Å². The van der Waals surface area contributed by atoms with E-state index in [4.69, 9.17) is 20.0 Å². The molecular formula is C82H124N4O4. The molecule has 3 aliphatic rings. The molecule has 0 radical (unpaired) electrons. The number of nitrogens with zero attached hydrogens (tertiary/aromatic N) is 4. The van der Waals surface area contributed by atoms with Crippen molar-refractivity contribution in [2.24, 2.45) is 20.0 Å². The lowest BCUT2D eigenvalue weighted by Crippen LogP contribution is -2.27. The summed E-state index contributed by atoms with van der Waals surface area (Å²) in [7, 11) is 0. The zero-order valence-corrected chi connectivity index (χ0v) is 58.9. The predicted octanol–water partition coefficient (Wildman–Crippen LogP) is 22.3. The van der Waals surface area contributed by atoms with Gasteiger partial charge in [-0.2, -0.15) is 0 Å². The second-order valence-electron chi connectivity index (χ2n) is 29.7. The second kappa shape index (κ2) is 34.6. The van der Waals surface area contributed by atoms with Gasteiger partial charge in [0, 0.05) is 60.0 Å². The first-order valence-corrected chi connectivity index (χ1v) is 36.9. The average Bonchev–Trinajstić information content (AvgIpc) is 2.25. The van der Waals surface area contributed by atoms with Crippen molar-refractivity contribution in [1.82, 2.24) is 0 Å². The van der Waals surface area contributed by atoms with Gasteiger partial charge in [0.25, 0.3) is 0 Å². The van der Waals surface area contributed by atoms with Crippen molar-refractivity contribution < 1.29 is 20.4 Å². The number of rotatable bonds is 28. The summed E-state index contributed by atoms with van der Waals surface area (Å²) in [5.74, 6) is 0.866. The van der Waals surface area contributed by atoms with Gasteiger partial charge in [0.2, 0.25) is 0 Å². The summed E-state index contributed by atoms with van der Waals surface area (Å²) in [5, 5.41) is 51.3. The molecule has 1 heterocycles. The summed E-state index contributed by atoms with van der Waals surface area (Å²) in [6, 6.07) is 17.4. The quantitative estimate of drug-likeness (QED) is 0.0451. The third-order valence-electron chi connectivity index (χ3n) is 22.1. The van der Waals surface area contributed by atoms with E-state index >= 15 is 0 Å². The van der Waals surface area contributed by atoms with Crippen molar-refractivity contribution in [2.75, 3.05) is 0 Å². The van der Waals surface area contributed by atoms with Crippen LogP contribution in [0.4, 0.5) is 0 Å². The summed E-state index contributed by atoms with van der Waals surface area (Å²) in [4.78, 5) is 21.8. The molecule has 4 atom stereocenters. The van der Waals surface area contributed by atoms with E-state index in [1.807, 2.05) is 24.9 Å². The molecule has 4 unspecified atom stereocenters. The Morgan fingerprint density at radius 3 is 0.644 bits per heavy atom. The van der Waals surface area contributed by atoms with Crippen LogP contribution in [-0.4, -0.2) is 69.5 Å². The van der Waals surface area contributed by atoms with Crippen molar-refractivity contribution in [1.29, 1.82) is 0 Å². The number of phenolic OH excluding ortho intramolecular Hbond substituents is 4. The third kappa shape index (κ3) is 18.5. The first-order chi connectivity index (χ1) is 43.3. The Morgan fingerprint density at radius 2 is 0.478 bits per heavy atom. The molecule has 0 saturated heterocycles. The topological polar surface area (TPSA) is 130 Å². The van der Waals surface area contributed by atoms with E-state index in [2.05, 4.69) is 132 Å². The van der Waals surface area contributed by atoms with E-state index in [0.717, 1.165) is 228 Å². The molecule has 1 aliphatic heterocycles. The third-order valence-corrected chi connectivity index (χ3v) is 22.1. The predicted molar refractivity (Wildman–Crippen MR) is 386 cm³/mol. The van der Waals surface area contributed by atoms with Crippen LogP contribution in [0.1, 0.15) is 355 Å². The molecule has 90 heavy (non-hydrogen) atoms. The molecule has 0 aromatic heterocycles. The molecule has 7 rings (SSSR count). The van der Waals surface area contributed by atoms with E-state index in [1.165, 1.54) is 22.3 Å². The molecule has 4 N–H and O–H groups in total. The smallest absolute Gasteiger partial charge is 0.127 e. The number of hydrogen-bond acceptors (Lipinski definition) is 8. The van der Waals surface area contributed by atoms with Gasteiger partial charge >= 0.3 is 0 Å². The number of fused-ring (bicyclic) bond motifs is 10. The Bertz CT molecular complexity index is 2590. The van der Waals surface area contributed by atoms with Crippen LogP contribution in [0, 0.1) is 0 Å². The molecule has 4 aromatic carbocycles. The zero-order valence-electron chi connectivity index (χ0n) is 58.9. The van der Waals surface area contributed by atoms with Gasteiger partial charge in [-0.3, -0.25) is 20.0 Å². The standard InChI is InChI=1S/C82H124N4O4/c1-13-21-37-79(9,38-22-14-2)67-47-59-45-60-48-68(80(10,39-23-15-3)40-24-16-4)52-64(76(60)88)56-85-73-35-31-32-36-74(73)86-58-66-54-70(82(12,43-27-19-7)44-28-20-8)50-62(78(66)90)46-61-49-69(81(11,41-25-17-5)42-26-18-6)53-65(77(61)89)57-84-72-34-30-29-33-71(72)83-55-63(51-67)75(59)87/h47-58,71-74,87-90H,13-46H2,1-12H3. The highest BCUT2D eigenvalue weighted by molar-refractivity contribution is 5.88. The van der Waals surface area contributed by atoms with Crippen LogP contribution in [0.15, 0.2) is 68.5 Å². The Hall–Kier alpha value is -5.24. The average molecular weight is 1230 g/mol. The van der Waals surface area contributed by atoms with Gasteiger partial charge in [-0.1, -0.05) is 236 Å². The van der Waals surface area contributed by atoms with E-state index in [1.54, 1.807) is 0 Å². The first-order valence-electron chi connectivity index (χ1n) is 36.9. The van der Waals surface area contributed by atoms with Gasteiger partial charge in [0.05, 0.1) is 24.2 Å². The molecule has 2 fully saturated rings. The second-order valence-corrected chi connectivity index (χ2v) is 29.7. The van der Waals surface area contributed by atoms with Crippen molar-refractivity contribution in [3.63, 3.8) is 0 Å². The van der Waals surface area contributed by atoms with Crippen molar-refractivity contribution >= 4 is 24.9 Å². The summed E-state index contributed by atoms with van der Waals surface area (Å²) in [6.45, 7) is 27.9. The molecule has 0 amide bonds. The molecule has 2 aliphatic carbocycles. The Labute approximate surface area is 548 Å². The SMILES string of the molecule is CCCCC(C)(CCCC)c1cc2c(O)c(c1)Cc1cc(C(C)(CCCC)CCCC)cc(c1O)C=NC1CCCCC1N=Cc1cc(C(C)(CCCC)CCCC)cc(c1O)Cc1cc(C(C)(CCCC)CCCC)cc(c1O)C=NC1CCCCC1N=C2. The molecule has 8 nitrogen and oxygen atoms in total. The lowest BCUT2D eigenvalue weighted by molar-refractivity contribution is 0.372. The lowest BCUT2D eigenvalue weighted by Gasteiger charge is -2.33. The number of unbranched alkanes of at least 4 members (excludes halogenated alkanes) is 8. The van der Waals surface area contributed by atoms with Gasteiger partial charge < -0.3 is 20.4 Å². The van der Waals surface area contributed by atoms with Crippen LogP contribution in [0.5, 0.6) is 23.0 Å². The van der Waals surface area contributed by atoms with E-state index in [-0.39, 0.29) is 68.8 Å². The lowest BCUT2D eigenvalue weighted by atomic mass is 9.72. The highest BCUT2D eigenvalue weighted by atomic mass is 16.3. The summed E-state index contributed by atoms with van der Waals surface area (Å²) >= 11 is 0. The van der Waals surface area contributed by atoms with E-state index in [9.17, 15) is 20.4 Å². The van der Waals surface area contributed by atoms with Crippen LogP contribution < -0.4 is 0 Å². The number of benzene rings is 4. The van der Waals surface area contributed by atoms with Gasteiger partial charge in [-0.25, -0.2) is 0 Å². The Morgan fingerprint density at radius 1 is 0.300 bits per heavy atom. The van der Waals surface area contributed by atoms with Gasteiger partial charge in [-0.15, -0.1) is 0 Å². The van der Waals surface area contributed by atoms with Crippen LogP contribution in [0.3, 0.4) is 0 Å².